The highest BCUT2D eigenvalue weighted by atomic mass is 35.5. The zero-order valence-corrected chi connectivity index (χ0v) is 18.1. The van der Waals surface area contributed by atoms with Gasteiger partial charge in [0.15, 0.2) is 11.2 Å². The number of aryl methyl sites for hydroxylation is 1. The number of nitrogens with zero attached hydrogens (tertiary/aromatic N) is 1. The monoisotopic (exact) mass is 432 g/mol. The van der Waals surface area contributed by atoms with Crippen molar-refractivity contribution in [3.63, 3.8) is 0 Å². The Labute approximate surface area is 178 Å². The number of amides is 1. The van der Waals surface area contributed by atoms with Gasteiger partial charge >= 0.3 is 0 Å². The van der Waals surface area contributed by atoms with Gasteiger partial charge in [0, 0.05) is 16.0 Å². The summed E-state index contributed by atoms with van der Waals surface area (Å²) in [4.78, 5) is 17.0. The minimum absolute atomic E-state index is 0.294. The first-order valence-corrected chi connectivity index (χ1v) is 10.1. The lowest BCUT2D eigenvalue weighted by Crippen LogP contribution is -2.30. The molecule has 0 fully saturated rings. The summed E-state index contributed by atoms with van der Waals surface area (Å²) in [5, 5.41) is 5.73. The van der Waals surface area contributed by atoms with Crippen LogP contribution in [0.4, 0.5) is 5.13 Å². The average molecular weight is 433 g/mol. The van der Waals surface area contributed by atoms with Crippen LogP contribution in [-0.4, -0.2) is 31.2 Å². The zero-order chi connectivity index (χ0) is 21.0. The average Bonchev–Trinajstić information content (AvgIpc) is 3.17. The van der Waals surface area contributed by atoms with Crippen LogP contribution in [0.3, 0.4) is 0 Å². The summed E-state index contributed by atoms with van der Waals surface area (Å²) in [6.45, 7) is 3.56. The van der Waals surface area contributed by atoms with E-state index in [0.717, 1.165) is 11.1 Å². The number of benzene rings is 2. The Hall–Kier alpha value is -2.77. The minimum atomic E-state index is -0.700. The standard InChI is InChI=1S/C21H21ClN2O4S/c1-12-9-14(22)5-7-18(12)28-13(2)20(25)24-21-23-17(11-29-21)16-10-15(26-3)6-8-19(16)27-4/h5-11,13H,1-4H3,(H,23,24,25). The van der Waals surface area contributed by atoms with Gasteiger partial charge in [-0.2, -0.15) is 0 Å². The van der Waals surface area contributed by atoms with Crippen molar-refractivity contribution in [3.8, 4) is 28.5 Å². The van der Waals surface area contributed by atoms with Gasteiger partial charge in [-0.15, -0.1) is 11.3 Å². The zero-order valence-electron chi connectivity index (χ0n) is 16.5. The predicted molar refractivity (Wildman–Crippen MR) is 116 cm³/mol. The highest BCUT2D eigenvalue weighted by Gasteiger charge is 2.18. The maximum atomic E-state index is 12.5. The summed E-state index contributed by atoms with van der Waals surface area (Å²) in [6, 6.07) is 10.7. The maximum Gasteiger partial charge on any atom is 0.266 e. The van der Waals surface area contributed by atoms with Crippen molar-refractivity contribution >= 4 is 34.0 Å². The fourth-order valence-electron chi connectivity index (χ4n) is 2.67. The molecule has 0 saturated heterocycles. The molecule has 1 heterocycles. The molecule has 3 aromatic rings. The first-order valence-electron chi connectivity index (χ1n) is 8.83. The molecule has 0 bridgehead atoms. The summed E-state index contributed by atoms with van der Waals surface area (Å²) in [6.07, 6.45) is -0.700. The predicted octanol–water partition coefficient (Wildman–Crippen LogP) is 5.20. The lowest BCUT2D eigenvalue weighted by molar-refractivity contribution is -0.122. The van der Waals surface area contributed by atoms with Gasteiger partial charge in [-0.05, 0) is 55.8 Å². The van der Waals surface area contributed by atoms with Crippen molar-refractivity contribution in [1.29, 1.82) is 0 Å². The van der Waals surface area contributed by atoms with Crippen LogP contribution in [0.25, 0.3) is 11.3 Å². The molecule has 1 N–H and O–H groups in total. The number of ether oxygens (including phenoxy) is 3. The molecule has 2 aromatic carbocycles. The molecule has 1 aromatic heterocycles. The smallest absolute Gasteiger partial charge is 0.266 e. The molecule has 0 spiro atoms. The molecule has 1 unspecified atom stereocenters. The van der Waals surface area contributed by atoms with E-state index in [1.807, 2.05) is 30.5 Å². The summed E-state index contributed by atoms with van der Waals surface area (Å²) < 4.78 is 16.4. The van der Waals surface area contributed by atoms with Gasteiger partial charge in [-0.1, -0.05) is 11.6 Å². The van der Waals surface area contributed by atoms with Crippen molar-refractivity contribution in [3.05, 3.63) is 52.4 Å². The van der Waals surface area contributed by atoms with E-state index < -0.39 is 6.10 Å². The Balaban J connectivity index is 1.72. The summed E-state index contributed by atoms with van der Waals surface area (Å²) >= 11 is 7.28. The van der Waals surface area contributed by atoms with Gasteiger partial charge in [0.05, 0.1) is 19.9 Å². The SMILES string of the molecule is COc1ccc(OC)c(-c2csc(NC(=O)C(C)Oc3ccc(Cl)cc3C)n2)c1. The Morgan fingerprint density at radius 1 is 1.14 bits per heavy atom. The van der Waals surface area contributed by atoms with E-state index in [2.05, 4.69) is 10.3 Å². The summed E-state index contributed by atoms with van der Waals surface area (Å²) in [5.74, 6) is 1.68. The molecule has 0 aliphatic heterocycles. The van der Waals surface area contributed by atoms with E-state index >= 15 is 0 Å². The van der Waals surface area contributed by atoms with Gasteiger partial charge < -0.3 is 14.2 Å². The second-order valence-corrected chi connectivity index (χ2v) is 7.56. The normalized spacial score (nSPS) is 11.6. The van der Waals surface area contributed by atoms with Crippen molar-refractivity contribution < 1.29 is 19.0 Å². The van der Waals surface area contributed by atoms with Gasteiger partial charge in [0.1, 0.15) is 17.2 Å². The second kappa shape index (κ2) is 9.15. The molecule has 6 nitrogen and oxygen atoms in total. The number of hydrogen-bond acceptors (Lipinski definition) is 6. The van der Waals surface area contributed by atoms with Gasteiger partial charge in [0.2, 0.25) is 0 Å². The number of rotatable bonds is 7. The van der Waals surface area contributed by atoms with E-state index in [9.17, 15) is 4.79 Å². The van der Waals surface area contributed by atoms with E-state index in [1.54, 1.807) is 39.3 Å². The number of halogens is 1. The molecule has 3 rings (SSSR count). The molecule has 0 saturated carbocycles. The number of carbonyl (C=O) groups excluding carboxylic acids is 1. The van der Waals surface area contributed by atoms with Crippen molar-refractivity contribution in [1.82, 2.24) is 4.98 Å². The fourth-order valence-corrected chi connectivity index (χ4v) is 3.61. The molecule has 0 radical (unpaired) electrons. The highest BCUT2D eigenvalue weighted by molar-refractivity contribution is 7.14. The number of hydrogen-bond donors (Lipinski definition) is 1. The maximum absolute atomic E-state index is 12.5. The first-order chi connectivity index (χ1) is 13.9. The van der Waals surface area contributed by atoms with Gasteiger partial charge in [0.25, 0.3) is 5.91 Å². The molecule has 8 heteroatoms. The second-order valence-electron chi connectivity index (χ2n) is 6.26. The lowest BCUT2D eigenvalue weighted by Gasteiger charge is -2.15. The van der Waals surface area contributed by atoms with E-state index in [1.165, 1.54) is 11.3 Å². The lowest BCUT2D eigenvalue weighted by atomic mass is 10.1. The largest absolute Gasteiger partial charge is 0.497 e. The quantitative estimate of drug-likeness (QED) is 0.556. The molecule has 29 heavy (non-hydrogen) atoms. The molecule has 152 valence electrons. The Morgan fingerprint density at radius 2 is 1.90 bits per heavy atom. The van der Waals surface area contributed by atoms with E-state index in [0.29, 0.717) is 33.1 Å². The third-order valence-electron chi connectivity index (χ3n) is 4.23. The minimum Gasteiger partial charge on any atom is -0.497 e. The molecule has 1 atom stereocenters. The Bertz CT molecular complexity index is 1020. The number of anilines is 1. The summed E-state index contributed by atoms with van der Waals surface area (Å²) in [5.41, 5.74) is 2.33. The van der Waals surface area contributed by atoms with Crippen LogP contribution in [0.5, 0.6) is 17.2 Å². The molecule has 0 aliphatic carbocycles. The van der Waals surface area contributed by atoms with Crippen LogP contribution < -0.4 is 19.5 Å². The van der Waals surface area contributed by atoms with Crippen molar-refractivity contribution in [2.24, 2.45) is 0 Å². The van der Waals surface area contributed by atoms with E-state index in [-0.39, 0.29) is 5.91 Å². The summed E-state index contributed by atoms with van der Waals surface area (Å²) in [7, 11) is 3.19. The van der Waals surface area contributed by atoms with Gasteiger partial charge in [-0.25, -0.2) is 4.98 Å². The van der Waals surface area contributed by atoms with Crippen LogP contribution >= 0.6 is 22.9 Å². The van der Waals surface area contributed by atoms with Crippen LogP contribution in [0.2, 0.25) is 5.02 Å². The number of methoxy groups -OCH3 is 2. The fraction of sp³-hybridized carbons (Fsp3) is 0.238. The van der Waals surface area contributed by atoms with Crippen LogP contribution in [-0.2, 0) is 4.79 Å². The molecular weight excluding hydrogens is 412 g/mol. The highest BCUT2D eigenvalue weighted by Crippen LogP contribution is 2.35. The van der Waals surface area contributed by atoms with Crippen LogP contribution in [0.15, 0.2) is 41.8 Å². The molecular formula is C21H21ClN2O4S. The van der Waals surface area contributed by atoms with Crippen molar-refractivity contribution in [2.45, 2.75) is 20.0 Å². The van der Waals surface area contributed by atoms with Gasteiger partial charge in [-0.3, -0.25) is 10.1 Å². The number of thiazole rings is 1. The van der Waals surface area contributed by atoms with E-state index in [4.69, 9.17) is 25.8 Å². The third-order valence-corrected chi connectivity index (χ3v) is 5.22. The number of aromatic nitrogens is 1. The Morgan fingerprint density at radius 3 is 2.59 bits per heavy atom. The van der Waals surface area contributed by atoms with Crippen LogP contribution in [0.1, 0.15) is 12.5 Å². The van der Waals surface area contributed by atoms with Crippen LogP contribution in [0, 0.1) is 6.92 Å². The molecule has 0 aliphatic rings. The number of nitrogens with one attached hydrogen (secondary N) is 1. The topological polar surface area (TPSA) is 69.7 Å². The Kier molecular flexibility index (Phi) is 6.61. The first kappa shape index (κ1) is 21.0. The van der Waals surface area contributed by atoms with Crippen molar-refractivity contribution in [2.75, 3.05) is 19.5 Å². The molecule has 1 amide bonds. The third kappa shape index (κ3) is 4.99. The number of carbonyl (C=O) groups is 1.